The van der Waals surface area contributed by atoms with Crippen molar-refractivity contribution in [1.29, 1.82) is 0 Å². The molecule has 0 aliphatic rings. The maximum absolute atomic E-state index is 12.8. The summed E-state index contributed by atoms with van der Waals surface area (Å²) in [5, 5.41) is 0. The third-order valence-electron chi connectivity index (χ3n) is 2.63. The van der Waals surface area contributed by atoms with Gasteiger partial charge in [-0.25, -0.2) is 17.8 Å². The Balaban J connectivity index is 2.33. The molecule has 112 valence electrons. The Hall–Kier alpha value is -2.35. The van der Waals surface area contributed by atoms with Gasteiger partial charge in [-0.05, 0) is 24.3 Å². The third kappa shape index (κ3) is 3.40. The first-order valence-corrected chi connectivity index (χ1v) is 7.31. The number of halogens is 1. The van der Waals surface area contributed by atoms with Gasteiger partial charge in [0.05, 0.1) is 25.3 Å². The number of benzene rings is 1. The van der Waals surface area contributed by atoms with E-state index in [1.165, 1.54) is 38.5 Å². The Morgan fingerprint density at radius 1 is 1.10 bits per heavy atom. The predicted molar refractivity (Wildman–Crippen MR) is 74.5 cm³/mol. The summed E-state index contributed by atoms with van der Waals surface area (Å²) in [6, 6.07) is 6.51. The summed E-state index contributed by atoms with van der Waals surface area (Å²) >= 11 is 0. The van der Waals surface area contributed by atoms with Gasteiger partial charge in [0.15, 0.2) is 11.5 Å². The van der Waals surface area contributed by atoms with Crippen molar-refractivity contribution in [2.24, 2.45) is 0 Å². The molecule has 21 heavy (non-hydrogen) atoms. The molecule has 2 rings (SSSR count). The minimum Gasteiger partial charge on any atom is -0.493 e. The minimum absolute atomic E-state index is 0.0196. The highest BCUT2D eigenvalue weighted by Crippen LogP contribution is 2.29. The Kier molecular flexibility index (Phi) is 4.27. The van der Waals surface area contributed by atoms with Gasteiger partial charge in [0.25, 0.3) is 10.0 Å². The number of nitrogens with zero attached hydrogens (tertiary/aromatic N) is 1. The molecule has 1 aromatic carbocycles. The van der Waals surface area contributed by atoms with Crippen molar-refractivity contribution in [2.75, 3.05) is 18.9 Å². The fourth-order valence-corrected chi connectivity index (χ4v) is 2.64. The Morgan fingerprint density at radius 3 is 2.38 bits per heavy atom. The van der Waals surface area contributed by atoms with Gasteiger partial charge in [0.2, 0.25) is 0 Å². The zero-order chi connectivity index (χ0) is 15.5. The van der Waals surface area contributed by atoms with Gasteiger partial charge in [0, 0.05) is 6.07 Å². The fourth-order valence-electron chi connectivity index (χ4n) is 1.62. The van der Waals surface area contributed by atoms with E-state index in [-0.39, 0.29) is 16.5 Å². The number of sulfonamides is 1. The fraction of sp³-hybridized carbons (Fsp3) is 0.154. The first-order chi connectivity index (χ1) is 9.96. The molecule has 0 amide bonds. The van der Waals surface area contributed by atoms with E-state index in [9.17, 15) is 12.8 Å². The summed E-state index contributed by atoms with van der Waals surface area (Å²) in [7, 11) is -0.997. The topological polar surface area (TPSA) is 77.5 Å². The predicted octanol–water partition coefficient (Wildman–Crippen LogP) is 2.04. The summed E-state index contributed by atoms with van der Waals surface area (Å²) in [5.41, 5.74) is 0. The molecule has 1 aromatic heterocycles. The summed E-state index contributed by atoms with van der Waals surface area (Å²) in [6.45, 7) is 0. The summed E-state index contributed by atoms with van der Waals surface area (Å²) in [4.78, 5) is 3.62. The van der Waals surface area contributed by atoms with Crippen molar-refractivity contribution < 1.29 is 22.3 Å². The van der Waals surface area contributed by atoms with Gasteiger partial charge < -0.3 is 9.47 Å². The lowest BCUT2D eigenvalue weighted by molar-refractivity contribution is 0.354. The molecule has 0 bridgehead atoms. The molecule has 1 N–H and O–H groups in total. The van der Waals surface area contributed by atoms with Crippen LogP contribution in [0, 0.1) is 5.82 Å². The quantitative estimate of drug-likeness (QED) is 0.914. The van der Waals surface area contributed by atoms with Crippen LogP contribution < -0.4 is 14.2 Å². The molecule has 2 aromatic rings. The van der Waals surface area contributed by atoms with Gasteiger partial charge in [-0.2, -0.15) is 0 Å². The average molecular weight is 312 g/mol. The number of hydrogen-bond donors (Lipinski definition) is 1. The SMILES string of the molecule is COc1ccc(S(=O)(=O)Nc2ccc(F)cn2)cc1OC. The Bertz CT molecular complexity index is 732. The molecule has 0 saturated heterocycles. The van der Waals surface area contributed by atoms with Crippen molar-refractivity contribution in [3.8, 4) is 11.5 Å². The van der Waals surface area contributed by atoms with Crippen LogP contribution in [0.2, 0.25) is 0 Å². The van der Waals surface area contributed by atoms with Crippen molar-refractivity contribution >= 4 is 15.8 Å². The largest absolute Gasteiger partial charge is 0.493 e. The highest BCUT2D eigenvalue weighted by molar-refractivity contribution is 7.92. The number of rotatable bonds is 5. The van der Waals surface area contributed by atoms with Crippen LogP contribution in [-0.2, 0) is 10.0 Å². The molecule has 1 heterocycles. The number of pyridine rings is 1. The highest BCUT2D eigenvalue weighted by Gasteiger charge is 2.17. The van der Waals surface area contributed by atoms with Gasteiger partial charge in [-0.1, -0.05) is 0 Å². The van der Waals surface area contributed by atoms with E-state index in [2.05, 4.69) is 9.71 Å². The van der Waals surface area contributed by atoms with Gasteiger partial charge in [-0.15, -0.1) is 0 Å². The van der Waals surface area contributed by atoms with E-state index in [4.69, 9.17) is 9.47 Å². The highest BCUT2D eigenvalue weighted by atomic mass is 32.2. The molecule has 0 atom stereocenters. The molecule has 0 spiro atoms. The molecule has 0 aliphatic heterocycles. The second-order valence-electron chi connectivity index (χ2n) is 3.98. The number of methoxy groups -OCH3 is 2. The zero-order valence-electron chi connectivity index (χ0n) is 11.3. The van der Waals surface area contributed by atoms with Crippen LogP contribution in [-0.4, -0.2) is 27.6 Å². The van der Waals surface area contributed by atoms with Crippen LogP contribution >= 0.6 is 0 Å². The van der Waals surface area contributed by atoms with E-state index >= 15 is 0 Å². The number of anilines is 1. The average Bonchev–Trinajstić information content (AvgIpc) is 2.48. The van der Waals surface area contributed by atoms with Crippen LogP contribution in [0.1, 0.15) is 0 Å². The minimum atomic E-state index is -3.85. The molecule has 0 radical (unpaired) electrons. The molecule has 8 heteroatoms. The standard InChI is InChI=1S/C13H13FN2O4S/c1-19-11-5-4-10(7-12(11)20-2)21(17,18)16-13-6-3-9(14)8-15-13/h3-8H,1-2H3,(H,15,16). The summed E-state index contributed by atoms with van der Waals surface area (Å²) < 4.78 is 49.5. The van der Waals surface area contributed by atoms with Crippen LogP contribution in [0.15, 0.2) is 41.4 Å². The van der Waals surface area contributed by atoms with Crippen LogP contribution in [0.25, 0.3) is 0 Å². The van der Waals surface area contributed by atoms with Crippen molar-refractivity contribution in [2.45, 2.75) is 4.90 Å². The Labute approximate surface area is 121 Å². The number of nitrogens with one attached hydrogen (secondary N) is 1. The van der Waals surface area contributed by atoms with E-state index in [1.54, 1.807) is 0 Å². The Morgan fingerprint density at radius 2 is 1.81 bits per heavy atom. The maximum Gasteiger partial charge on any atom is 0.263 e. The second kappa shape index (κ2) is 5.96. The smallest absolute Gasteiger partial charge is 0.263 e. The molecular formula is C13H13FN2O4S. The van der Waals surface area contributed by atoms with Gasteiger partial charge >= 0.3 is 0 Å². The monoisotopic (exact) mass is 312 g/mol. The maximum atomic E-state index is 12.8. The van der Waals surface area contributed by atoms with Crippen LogP contribution in [0.3, 0.4) is 0 Å². The molecule has 0 aliphatic carbocycles. The number of hydrogen-bond acceptors (Lipinski definition) is 5. The van der Waals surface area contributed by atoms with Crippen LogP contribution in [0.4, 0.5) is 10.2 Å². The molecule has 0 unspecified atom stereocenters. The normalized spacial score (nSPS) is 11.0. The number of aromatic nitrogens is 1. The van der Waals surface area contributed by atoms with Crippen molar-refractivity contribution in [3.05, 3.63) is 42.3 Å². The molecule has 0 saturated carbocycles. The van der Waals surface area contributed by atoms with E-state index in [1.807, 2.05) is 0 Å². The second-order valence-corrected chi connectivity index (χ2v) is 5.67. The zero-order valence-corrected chi connectivity index (χ0v) is 12.1. The molecule has 0 fully saturated rings. The van der Waals surface area contributed by atoms with Crippen LogP contribution in [0.5, 0.6) is 11.5 Å². The summed E-state index contributed by atoms with van der Waals surface area (Å²) in [6.07, 6.45) is 0.923. The lowest BCUT2D eigenvalue weighted by Crippen LogP contribution is -2.14. The molecular weight excluding hydrogens is 299 g/mol. The van der Waals surface area contributed by atoms with Gasteiger partial charge in [0.1, 0.15) is 11.6 Å². The first kappa shape index (κ1) is 15.0. The van der Waals surface area contributed by atoms with Crippen molar-refractivity contribution in [3.63, 3.8) is 0 Å². The van der Waals surface area contributed by atoms with E-state index < -0.39 is 15.8 Å². The van der Waals surface area contributed by atoms with E-state index in [0.29, 0.717) is 5.75 Å². The summed E-state index contributed by atoms with van der Waals surface area (Å²) in [5.74, 6) is 0.166. The lowest BCUT2D eigenvalue weighted by Gasteiger charge is -2.11. The third-order valence-corrected chi connectivity index (χ3v) is 3.98. The number of ether oxygens (including phenoxy) is 2. The first-order valence-electron chi connectivity index (χ1n) is 5.82. The molecule has 6 nitrogen and oxygen atoms in total. The lowest BCUT2D eigenvalue weighted by atomic mass is 10.3. The van der Waals surface area contributed by atoms with E-state index in [0.717, 1.165) is 12.3 Å². The van der Waals surface area contributed by atoms with Gasteiger partial charge in [-0.3, -0.25) is 4.72 Å². The van der Waals surface area contributed by atoms with Crippen molar-refractivity contribution in [1.82, 2.24) is 4.98 Å².